The lowest BCUT2D eigenvalue weighted by atomic mass is 9.99. The topological polar surface area (TPSA) is 66.6 Å². The Labute approximate surface area is 123 Å². The molecule has 0 spiro atoms. The fourth-order valence-electron chi connectivity index (χ4n) is 2.81. The summed E-state index contributed by atoms with van der Waals surface area (Å²) in [5.74, 6) is 0.479. The third kappa shape index (κ3) is 2.61. The van der Waals surface area contributed by atoms with Crippen LogP contribution in [0.1, 0.15) is 24.2 Å². The normalized spacial score (nSPS) is 20.4. The van der Waals surface area contributed by atoms with Crippen LogP contribution in [0.5, 0.6) is 0 Å². The Morgan fingerprint density at radius 2 is 2.14 bits per heavy atom. The summed E-state index contributed by atoms with van der Waals surface area (Å²) in [7, 11) is 2.10. The van der Waals surface area contributed by atoms with Crippen LogP contribution in [0.25, 0.3) is 5.65 Å². The van der Waals surface area contributed by atoms with E-state index < -0.39 is 0 Å². The molecule has 2 aromatic heterocycles. The summed E-state index contributed by atoms with van der Waals surface area (Å²) in [4.78, 5) is 17.1. The molecule has 1 amide bonds. The minimum atomic E-state index is 0.0548. The number of nitrogens with zero attached hydrogens (tertiary/aromatic N) is 6. The summed E-state index contributed by atoms with van der Waals surface area (Å²) in [6.45, 7) is 6.90. The number of carbonyl (C=O) groups excluding carboxylic acids is 1. The van der Waals surface area contributed by atoms with Gasteiger partial charge in [-0.3, -0.25) is 4.79 Å². The van der Waals surface area contributed by atoms with E-state index in [2.05, 4.69) is 41.3 Å². The lowest BCUT2D eigenvalue weighted by Gasteiger charge is -2.42. The fourth-order valence-corrected chi connectivity index (χ4v) is 2.81. The summed E-state index contributed by atoms with van der Waals surface area (Å²) in [5, 5.41) is 11.3. The number of carbonyl (C=O) groups is 1. The van der Waals surface area contributed by atoms with E-state index in [1.54, 1.807) is 18.3 Å². The number of piperazine rings is 1. The molecule has 1 aliphatic heterocycles. The number of tetrazole rings is 1. The van der Waals surface area contributed by atoms with Gasteiger partial charge in [-0.05, 0) is 35.5 Å². The zero-order valence-corrected chi connectivity index (χ0v) is 12.6. The van der Waals surface area contributed by atoms with Crippen LogP contribution in [0.4, 0.5) is 0 Å². The van der Waals surface area contributed by atoms with Gasteiger partial charge in [0.15, 0.2) is 5.65 Å². The molecule has 0 aliphatic carbocycles. The van der Waals surface area contributed by atoms with Crippen molar-refractivity contribution in [2.45, 2.75) is 19.9 Å². The molecule has 0 saturated carbocycles. The molecule has 7 nitrogen and oxygen atoms in total. The van der Waals surface area contributed by atoms with Gasteiger partial charge >= 0.3 is 0 Å². The van der Waals surface area contributed by atoms with Crippen LogP contribution in [0.15, 0.2) is 18.3 Å². The SMILES string of the molecule is CC(C)C1CN(C)CCN1C(=O)c1ccc2nnnn2c1. The maximum Gasteiger partial charge on any atom is 0.255 e. The molecule has 2 aromatic rings. The van der Waals surface area contributed by atoms with Crippen LogP contribution in [-0.4, -0.2) is 68.5 Å². The maximum absolute atomic E-state index is 12.8. The van der Waals surface area contributed by atoms with Crippen molar-refractivity contribution in [2.24, 2.45) is 5.92 Å². The molecule has 7 heteroatoms. The standard InChI is InChI=1S/C14H20N6O/c1-10(2)12-9-18(3)6-7-19(12)14(21)11-4-5-13-15-16-17-20(13)8-11/h4-5,8,10,12H,6-7,9H2,1-3H3. The minimum Gasteiger partial charge on any atom is -0.333 e. The number of amides is 1. The number of hydrogen-bond donors (Lipinski definition) is 0. The van der Waals surface area contributed by atoms with Gasteiger partial charge in [0.05, 0.1) is 5.56 Å². The highest BCUT2D eigenvalue weighted by Gasteiger charge is 2.31. The third-order valence-electron chi connectivity index (χ3n) is 4.09. The second-order valence-corrected chi connectivity index (χ2v) is 5.97. The van der Waals surface area contributed by atoms with E-state index in [0.717, 1.165) is 19.6 Å². The number of likely N-dealkylation sites (N-methyl/N-ethyl adjacent to an activating group) is 1. The van der Waals surface area contributed by atoms with Crippen LogP contribution in [-0.2, 0) is 0 Å². The van der Waals surface area contributed by atoms with Crippen molar-refractivity contribution in [1.82, 2.24) is 29.8 Å². The number of hydrogen-bond acceptors (Lipinski definition) is 5. The van der Waals surface area contributed by atoms with Gasteiger partial charge in [0.1, 0.15) is 0 Å². The van der Waals surface area contributed by atoms with Crippen LogP contribution in [0.2, 0.25) is 0 Å². The van der Waals surface area contributed by atoms with Crippen LogP contribution < -0.4 is 0 Å². The van der Waals surface area contributed by atoms with Crippen molar-refractivity contribution in [3.8, 4) is 0 Å². The summed E-state index contributed by atoms with van der Waals surface area (Å²) in [6.07, 6.45) is 1.70. The van der Waals surface area contributed by atoms with E-state index >= 15 is 0 Å². The molecule has 1 atom stereocenters. The largest absolute Gasteiger partial charge is 0.333 e. The van der Waals surface area contributed by atoms with Gasteiger partial charge in [0.2, 0.25) is 0 Å². The molecule has 0 aromatic carbocycles. The third-order valence-corrected chi connectivity index (χ3v) is 4.09. The summed E-state index contributed by atoms with van der Waals surface area (Å²) < 4.78 is 1.54. The molecule has 0 N–H and O–H groups in total. The van der Waals surface area contributed by atoms with Crippen molar-refractivity contribution in [2.75, 3.05) is 26.7 Å². The highest BCUT2D eigenvalue weighted by molar-refractivity contribution is 5.94. The van der Waals surface area contributed by atoms with Gasteiger partial charge < -0.3 is 9.80 Å². The highest BCUT2D eigenvalue weighted by atomic mass is 16.2. The van der Waals surface area contributed by atoms with Gasteiger partial charge in [-0.15, -0.1) is 5.10 Å². The molecule has 0 bridgehead atoms. The molecule has 1 unspecified atom stereocenters. The highest BCUT2D eigenvalue weighted by Crippen LogP contribution is 2.19. The lowest BCUT2D eigenvalue weighted by molar-refractivity contribution is 0.0402. The quantitative estimate of drug-likeness (QED) is 0.807. The van der Waals surface area contributed by atoms with E-state index in [-0.39, 0.29) is 11.9 Å². The molecule has 21 heavy (non-hydrogen) atoms. The van der Waals surface area contributed by atoms with E-state index in [1.807, 2.05) is 4.90 Å². The van der Waals surface area contributed by atoms with Crippen LogP contribution in [0.3, 0.4) is 0 Å². The van der Waals surface area contributed by atoms with Crippen molar-refractivity contribution < 1.29 is 4.79 Å². The first-order valence-corrected chi connectivity index (χ1v) is 7.23. The molecule has 3 rings (SSSR count). The second-order valence-electron chi connectivity index (χ2n) is 5.97. The van der Waals surface area contributed by atoms with E-state index in [4.69, 9.17) is 0 Å². The molecule has 3 heterocycles. The molecular weight excluding hydrogens is 268 g/mol. The van der Waals surface area contributed by atoms with Gasteiger partial charge in [0, 0.05) is 31.9 Å². The second kappa shape index (κ2) is 5.40. The molecule has 112 valence electrons. The Balaban J connectivity index is 1.88. The van der Waals surface area contributed by atoms with Gasteiger partial charge in [-0.1, -0.05) is 13.8 Å². The summed E-state index contributed by atoms with van der Waals surface area (Å²) in [6, 6.07) is 3.80. The Morgan fingerprint density at radius 1 is 1.33 bits per heavy atom. The molecule has 1 saturated heterocycles. The maximum atomic E-state index is 12.8. The molecule has 1 aliphatic rings. The van der Waals surface area contributed by atoms with E-state index in [1.165, 1.54) is 4.52 Å². The lowest BCUT2D eigenvalue weighted by Crippen LogP contribution is -2.56. The van der Waals surface area contributed by atoms with Gasteiger partial charge in [0.25, 0.3) is 5.91 Å². The predicted molar refractivity (Wildman–Crippen MR) is 77.9 cm³/mol. The first-order valence-electron chi connectivity index (χ1n) is 7.23. The molecule has 0 radical (unpaired) electrons. The molecule has 1 fully saturated rings. The Bertz CT molecular complexity index is 652. The van der Waals surface area contributed by atoms with Crippen molar-refractivity contribution in [1.29, 1.82) is 0 Å². The average Bonchev–Trinajstić information content (AvgIpc) is 2.93. The molecular formula is C14H20N6O. The van der Waals surface area contributed by atoms with Gasteiger partial charge in [-0.25, -0.2) is 0 Å². The van der Waals surface area contributed by atoms with Crippen LogP contribution >= 0.6 is 0 Å². The van der Waals surface area contributed by atoms with Crippen LogP contribution in [0, 0.1) is 5.92 Å². The number of aromatic nitrogens is 4. The van der Waals surface area contributed by atoms with E-state index in [9.17, 15) is 4.79 Å². The predicted octanol–water partition coefficient (Wildman–Crippen LogP) is 0.536. The van der Waals surface area contributed by atoms with Gasteiger partial charge in [-0.2, -0.15) is 4.52 Å². The number of rotatable bonds is 2. The Hall–Kier alpha value is -2.02. The smallest absolute Gasteiger partial charge is 0.255 e. The zero-order chi connectivity index (χ0) is 15.0. The first-order chi connectivity index (χ1) is 10.1. The van der Waals surface area contributed by atoms with Crippen molar-refractivity contribution in [3.05, 3.63) is 23.9 Å². The Morgan fingerprint density at radius 3 is 2.90 bits per heavy atom. The van der Waals surface area contributed by atoms with E-state index in [0.29, 0.717) is 17.1 Å². The first kappa shape index (κ1) is 13.9. The van der Waals surface area contributed by atoms with Crippen molar-refractivity contribution >= 4 is 11.6 Å². The number of fused-ring (bicyclic) bond motifs is 1. The summed E-state index contributed by atoms with van der Waals surface area (Å²) >= 11 is 0. The Kier molecular flexibility index (Phi) is 3.59. The monoisotopic (exact) mass is 288 g/mol. The zero-order valence-electron chi connectivity index (χ0n) is 12.6. The summed E-state index contributed by atoms with van der Waals surface area (Å²) in [5.41, 5.74) is 1.27. The number of pyridine rings is 1. The minimum absolute atomic E-state index is 0.0548. The fraction of sp³-hybridized carbons (Fsp3) is 0.571. The van der Waals surface area contributed by atoms with Crippen molar-refractivity contribution in [3.63, 3.8) is 0 Å². The average molecular weight is 288 g/mol.